The van der Waals surface area contributed by atoms with Crippen LogP contribution in [0.4, 0.5) is 14.9 Å². The van der Waals surface area contributed by atoms with Crippen molar-refractivity contribution in [1.82, 2.24) is 4.90 Å². The Morgan fingerprint density at radius 3 is 2.05 bits per heavy atom. The highest BCUT2D eigenvalue weighted by Gasteiger charge is 2.47. The molecule has 2 aliphatic rings. The molecule has 2 fully saturated rings. The molecule has 0 unspecified atom stereocenters. The first-order chi connectivity index (χ1) is 17.7. The van der Waals surface area contributed by atoms with E-state index in [0.717, 1.165) is 43.7 Å². The summed E-state index contributed by atoms with van der Waals surface area (Å²) in [4.78, 5) is 33.1. The summed E-state index contributed by atoms with van der Waals surface area (Å²) in [5, 5.41) is 0. The lowest BCUT2D eigenvalue weighted by Crippen LogP contribution is -2.46. The third-order valence-electron chi connectivity index (χ3n) is 7.21. The molecule has 2 heterocycles. The summed E-state index contributed by atoms with van der Waals surface area (Å²) in [7, 11) is 0. The van der Waals surface area contributed by atoms with Gasteiger partial charge in [0, 0.05) is 38.2 Å². The molecule has 0 aliphatic carbocycles. The fourth-order valence-electron chi connectivity index (χ4n) is 5.40. The molecule has 0 radical (unpaired) electrons. The number of piperidine rings is 1. The number of anilines is 1. The van der Waals surface area contributed by atoms with Crippen molar-refractivity contribution >= 4 is 17.9 Å². The number of aryl methyl sites for hydroxylation is 3. The van der Waals surface area contributed by atoms with Crippen LogP contribution in [0.25, 0.3) is 11.1 Å². The van der Waals surface area contributed by atoms with Gasteiger partial charge in [-0.1, -0.05) is 42.0 Å². The summed E-state index contributed by atoms with van der Waals surface area (Å²) in [6.45, 7) is 9.57. The molecule has 7 heteroatoms. The first-order valence-corrected chi connectivity index (χ1v) is 12.4. The maximum atomic E-state index is 13.3. The zero-order chi connectivity index (χ0) is 26.6. The van der Waals surface area contributed by atoms with Crippen LogP contribution in [0.1, 0.15) is 35.1 Å². The van der Waals surface area contributed by atoms with Crippen molar-refractivity contribution in [1.29, 1.82) is 0 Å². The summed E-state index contributed by atoms with van der Waals surface area (Å²) in [5.41, 5.74) is 7.59. The van der Waals surface area contributed by atoms with Gasteiger partial charge in [-0.2, -0.15) is 9.59 Å². The summed E-state index contributed by atoms with van der Waals surface area (Å²) in [6, 6.07) is 19.2. The van der Waals surface area contributed by atoms with Gasteiger partial charge < -0.3 is 4.74 Å². The van der Waals surface area contributed by atoms with Crippen LogP contribution >= 0.6 is 0 Å². The molecule has 6 nitrogen and oxygen atoms in total. The number of ether oxygens (including phenoxy) is 1. The maximum Gasteiger partial charge on any atom is 0.415 e. The SMILES string of the molecule is Cc1ccc(N2CC3(CCN(Cc4cc(C)c(-c5ccc(F)cc5)c(C)c4)CC3)OC2=O)cc1.O=C=O. The zero-order valence-corrected chi connectivity index (χ0v) is 21.4. The number of rotatable bonds is 4. The number of benzene rings is 3. The molecule has 3 aromatic rings. The van der Waals surface area contributed by atoms with Crippen molar-refractivity contribution in [3.63, 3.8) is 0 Å². The van der Waals surface area contributed by atoms with Crippen LogP contribution in [0, 0.1) is 26.6 Å². The number of hydrogen-bond donors (Lipinski definition) is 0. The Bertz CT molecular complexity index is 1270. The van der Waals surface area contributed by atoms with E-state index >= 15 is 0 Å². The average Bonchev–Trinajstić information content (AvgIpc) is 3.18. The van der Waals surface area contributed by atoms with Crippen molar-refractivity contribution < 1.29 is 23.5 Å². The monoisotopic (exact) mass is 502 g/mol. The lowest BCUT2D eigenvalue weighted by molar-refractivity contribution is -0.191. The third kappa shape index (κ3) is 5.96. The molecule has 0 N–H and O–H groups in total. The van der Waals surface area contributed by atoms with Crippen LogP contribution in [0.5, 0.6) is 0 Å². The smallest absolute Gasteiger partial charge is 0.415 e. The Morgan fingerprint density at radius 1 is 0.919 bits per heavy atom. The average molecular weight is 503 g/mol. The maximum absolute atomic E-state index is 13.3. The quantitative estimate of drug-likeness (QED) is 0.449. The molecule has 2 saturated heterocycles. The minimum absolute atomic E-state index is 0.214. The predicted molar refractivity (Wildman–Crippen MR) is 139 cm³/mol. The fraction of sp³-hybridized carbons (Fsp3) is 0.333. The predicted octanol–water partition coefficient (Wildman–Crippen LogP) is 5.83. The molecule has 1 spiro atoms. The van der Waals surface area contributed by atoms with Crippen molar-refractivity contribution in [2.45, 2.75) is 45.8 Å². The van der Waals surface area contributed by atoms with Gasteiger partial charge in [0.25, 0.3) is 0 Å². The van der Waals surface area contributed by atoms with Crippen LogP contribution in [0.15, 0.2) is 60.7 Å². The van der Waals surface area contributed by atoms with E-state index in [1.807, 2.05) is 43.3 Å². The molecular weight excluding hydrogens is 471 g/mol. The van der Waals surface area contributed by atoms with E-state index < -0.39 is 5.60 Å². The fourth-order valence-corrected chi connectivity index (χ4v) is 5.40. The van der Waals surface area contributed by atoms with Crippen LogP contribution in [0.2, 0.25) is 0 Å². The summed E-state index contributed by atoms with van der Waals surface area (Å²) in [6.07, 6.45) is 1.69. The molecule has 0 atom stereocenters. The third-order valence-corrected chi connectivity index (χ3v) is 7.21. The van der Waals surface area contributed by atoms with Gasteiger partial charge >= 0.3 is 12.2 Å². The first-order valence-electron chi connectivity index (χ1n) is 12.4. The second-order valence-corrected chi connectivity index (χ2v) is 9.94. The molecule has 0 aromatic heterocycles. The highest BCUT2D eigenvalue weighted by Crippen LogP contribution is 2.36. The van der Waals surface area contributed by atoms with E-state index in [1.165, 1.54) is 39.9 Å². The summed E-state index contributed by atoms with van der Waals surface area (Å²) >= 11 is 0. The van der Waals surface area contributed by atoms with Gasteiger partial charge in [-0.05, 0) is 72.9 Å². The largest absolute Gasteiger partial charge is 0.441 e. The molecule has 37 heavy (non-hydrogen) atoms. The Labute approximate surface area is 216 Å². The van der Waals surface area contributed by atoms with Gasteiger partial charge in [0.2, 0.25) is 0 Å². The summed E-state index contributed by atoms with van der Waals surface area (Å²) < 4.78 is 19.3. The molecule has 5 rings (SSSR count). The van der Waals surface area contributed by atoms with Gasteiger partial charge in [0.1, 0.15) is 11.4 Å². The molecule has 2 aliphatic heterocycles. The van der Waals surface area contributed by atoms with Crippen LogP contribution in [-0.2, 0) is 20.9 Å². The second-order valence-electron chi connectivity index (χ2n) is 9.94. The lowest BCUT2D eigenvalue weighted by Gasteiger charge is -2.37. The number of nitrogens with zero attached hydrogens (tertiary/aromatic N) is 2. The first kappa shape index (κ1) is 26.3. The van der Waals surface area contributed by atoms with Gasteiger partial charge in [-0.15, -0.1) is 0 Å². The Kier molecular flexibility index (Phi) is 7.86. The lowest BCUT2D eigenvalue weighted by atomic mass is 9.90. The second kappa shape index (κ2) is 11.1. The Balaban J connectivity index is 0.00000102. The Morgan fingerprint density at radius 2 is 1.49 bits per heavy atom. The topological polar surface area (TPSA) is 66.9 Å². The molecular formula is C30H31FN2O4. The Hall–Kier alpha value is -3.80. The van der Waals surface area contributed by atoms with Gasteiger partial charge in [-0.25, -0.2) is 9.18 Å². The number of likely N-dealkylation sites (tertiary alicyclic amines) is 1. The standard InChI is InChI=1S/C29H31FN2O2.CO2/c1-20-4-10-26(11-5-20)32-19-29(34-28(32)33)12-14-31(15-13-29)18-23-16-21(2)27(22(3)17-23)24-6-8-25(30)9-7-24;2-1-3/h4-11,16-17H,12-15,18-19H2,1-3H3;. The molecule has 192 valence electrons. The highest BCUT2D eigenvalue weighted by atomic mass is 19.1. The summed E-state index contributed by atoms with van der Waals surface area (Å²) in [5.74, 6) is -0.214. The van der Waals surface area contributed by atoms with E-state index in [4.69, 9.17) is 14.3 Å². The minimum atomic E-state index is -0.392. The van der Waals surface area contributed by atoms with E-state index in [-0.39, 0.29) is 18.1 Å². The van der Waals surface area contributed by atoms with Gasteiger partial charge in [-0.3, -0.25) is 9.80 Å². The van der Waals surface area contributed by atoms with E-state index in [2.05, 4.69) is 30.9 Å². The van der Waals surface area contributed by atoms with Crippen molar-refractivity contribution in [3.8, 4) is 11.1 Å². The molecule has 3 aromatic carbocycles. The van der Waals surface area contributed by atoms with Gasteiger partial charge in [0.15, 0.2) is 0 Å². The van der Waals surface area contributed by atoms with Crippen molar-refractivity contribution in [2.24, 2.45) is 0 Å². The number of halogens is 1. The number of hydrogen-bond acceptors (Lipinski definition) is 5. The van der Waals surface area contributed by atoms with E-state index in [9.17, 15) is 9.18 Å². The van der Waals surface area contributed by atoms with E-state index in [1.54, 1.807) is 4.90 Å². The minimum Gasteiger partial charge on any atom is -0.441 e. The number of amides is 1. The van der Waals surface area contributed by atoms with Crippen LogP contribution < -0.4 is 4.90 Å². The zero-order valence-electron chi connectivity index (χ0n) is 21.4. The molecule has 0 bridgehead atoms. The van der Waals surface area contributed by atoms with Crippen LogP contribution in [-0.4, -0.2) is 42.4 Å². The normalized spacial score (nSPS) is 16.6. The number of carbonyl (C=O) groups excluding carboxylic acids is 3. The molecule has 0 saturated carbocycles. The van der Waals surface area contributed by atoms with Crippen molar-refractivity contribution in [3.05, 3.63) is 88.7 Å². The highest BCUT2D eigenvalue weighted by molar-refractivity contribution is 5.90. The number of carbonyl (C=O) groups is 1. The van der Waals surface area contributed by atoms with Gasteiger partial charge in [0.05, 0.1) is 6.54 Å². The van der Waals surface area contributed by atoms with E-state index in [0.29, 0.717) is 6.54 Å². The van der Waals surface area contributed by atoms with Crippen molar-refractivity contribution in [2.75, 3.05) is 24.5 Å². The van der Waals surface area contributed by atoms with Crippen LogP contribution in [0.3, 0.4) is 0 Å². The molecule has 1 amide bonds.